The molecule has 1 atom stereocenters. The Balaban J connectivity index is 2.15. The van der Waals surface area contributed by atoms with Gasteiger partial charge in [-0.3, -0.25) is 4.79 Å². The molecule has 98 valence electrons. The van der Waals surface area contributed by atoms with Crippen LogP contribution in [0.5, 0.6) is 0 Å². The molecule has 0 radical (unpaired) electrons. The quantitative estimate of drug-likeness (QED) is 0.786. The van der Waals surface area contributed by atoms with Crippen LogP contribution in [0.25, 0.3) is 0 Å². The number of anilines is 1. The van der Waals surface area contributed by atoms with Crippen LogP contribution in [-0.4, -0.2) is 49.6 Å². The Hall–Kier alpha value is -1.62. The Morgan fingerprint density at radius 2 is 2.28 bits per heavy atom. The molecule has 1 aromatic heterocycles. The van der Waals surface area contributed by atoms with E-state index in [0.29, 0.717) is 19.7 Å². The van der Waals surface area contributed by atoms with Crippen LogP contribution in [0, 0.1) is 0 Å². The van der Waals surface area contributed by atoms with Crippen LogP contribution in [0.1, 0.15) is 18.7 Å². The van der Waals surface area contributed by atoms with Crippen LogP contribution in [0.3, 0.4) is 0 Å². The molecule has 5 nitrogen and oxygen atoms in total. The van der Waals surface area contributed by atoms with E-state index in [1.165, 1.54) is 0 Å². The molecule has 2 rings (SSSR count). The first kappa shape index (κ1) is 12.8. The second kappa shape index (κ2) is 5.35. The maximum Gasteiger partial charge on any atom is 0.219 e. The smallest absolute Gasteiger partial charge is 0.219 e. The van der Waals surface area contributed by atoms with Crippen LogP contribution in [0.15, 0.2) is 18.2 Å². The molecule has 5 heteroatoms. The number of nitrogens with zero attached hydrogens (tertiary/aromatic N) is 3. The molecular weight excluding hydrogens is 230 g/mol. The summed E-state index contributed by atoms with van der Waals surface area (Å²) in [5.41, 5.74) is 0.882. The van der Waals surface area contributed by atoms with E-state index in [4.69, 9.17) is 4.74 Å². The molecule has 1 aliphatic rings. The van der Waals surface area contributed by atoms with Crippen molar-refractivity contribution >= 4 is 11.7 Å². The summed E-state index contributed by atoms with van der Waals surface area (Å²) < 4.78 is 5.70. The van der Waals surface area contributed by atoms with Crippen molar-refractivity contribution in [2.75, 3.05) is 38.7 Å². The number of carbonyl (C=O) groups is 1. The lowest BCUT2D eigenvalue weighted by Gasteiger charge is -2.32. The zero-order chi connectivity index (χ0) is 13.1. The molecule has 0 saturated carbocycles. The maximum atomic E-state index is 11.4. The minimum Gasteiger partial charge on any atom is -0.368 e. The van der Waals surface area contributed by atoms with Gasteiger partial charge in [-0.2, -0.15) is 0 Å². The SMILES string of the molecule is CC(=O)N1CCOC(c2cccc(N(C)C)n2)C1. The summed E-state index contributed by atoms with van der Waals surface area (Å²) >= 11 is 0. The number of morpholine rings is 1. The predicted octanol–water partition coefficient (Wildman–Crippen LogP) is 1.07. The fourth-order valence-corrected chi connectivity index (χ4v) is 1.98. The maximum absolute atomic E-state index is 11.4. The highest BCUT2D eigenvalue weighted by Crippen LogP contribution is 2.22. The van der Waals surface area contributed by atoms with Gasteiger partial charge in [0.2, 0.25) is 5.91 Å². The summed E-state index contributed by atoms with van der Waals surface area (Å²) in [5.74, 6) is 0.989. The number of carbonyl (C=O) groups excluding carboxylic acids is 1. The Labute approximate surface area is 107 Å². The molecule has 1 aromatic rings. The van der Waals surface area contributed by atoms with Gasteiger partial charge in [0.25, 0.3) is 0 Å². The number of ether oxygens (including phenoxy) is 1. The normalized spacial score (nSPS) is 19.7. The van der Waals surface area contributed by atoms with Crippen LogP contribution in [0.2, 0.25) is 0 Å². The van der Waals surface area contributed by atoms with E-state index < -0.39 is 0 Å². The topological polar surface area (TPSA) is 45.7 Å². The molecule has 0 aliphatic carbocycles. The first-order valence-electron chi connectivity index (χ1n) is 6.09. The fourth-order valence-electron chi connectivity index (χ4n) is 1.98. The summed E-state index contributed by atoms with van der Waals surface area (Å²) in [6, 6.07) is 5.87. The van der Waals surface area contributed by atoms with Gasteiger partial charge in [0.15, 0.2) is 0 Å². The van der Waals surface area contributed by atoms with Crippen molar-refractivity contribution in [1.82, 2.24) is 9.88 Å². The first-order valence-corrected chi connectivity index (χ1v) is 6.09. The van der Waals surface area contributed by atoms with Gasteiger partial charge < -0.3 is 14.5 Å². The molecule has 1 fully saturated rings. The van der Waals surface area contributed by atoms with Gasteiger partial charge in [-0.05, 0) is 12.1 Å². The minimum absolute atomic E-state index is 0.0899. The van der Waals surface area contributed by atoms with E-state index in [-0.39, 0.29) is 12.0 Å². The highest BCUT2D eigenvalue weighted by atomic mass is 16.5. The first-order chi connectivity index (χ1) is 8.58. The van der Waals surface area contributed by atoms with E-state index in [1.54, 1.807) is 11.8 Å². The summed E-state index contributed by atoms with van der Waals surface area (Å²) in [6.45, 7) is 3.41. The highest BCUT2D eigenvalue weighted by Gasteiger charge is 2.24. The van der Waals surface area contributed by atoms with Crippen LogP contribution >= 0.6 is 0 Å². The molecule has 1 saturated heterocycles. The lowest BCUT2D eigenvalue weighted by molar-refractivity contribution is -0.136. The third-order valence-corrected chi connectivity index (χ3v) is 3.06. The second-order valence-electron chi connectivity index (χ2n) is 4.64. The van der Waals surface area contributed by atoms with Crippen LogP contribution < -0.4 is 4.90 Å². The summed E-state index contributed by atoms with van der Waals surface area (Å²) in [7, 11) is 3.91. The lowest BCUT2D eigenvalue weighted by atomic mass is 10.2. The van der Waals surface area contributed by atoms with E-state index >= 15 is 0 Å². The van der Waals surface area contributed by atoms with Crippen molar-refractivity contribution in [2.45, 2.75) is 13.0 Å². The minimum atomic E-state index is -0.123. The van der Waals surface area contributed by atoms with E-state index in [2.05, 4.69) is 4.98 Å². The zero-order valence-electron chi connectivity index (χ0n) is 11.1. The predicted molar refractivity (Wildman–Crippen MR) is 69.5 cm³/mol. The van der Waals surface area contributed by atoms with Crippen LogP contribution in [0.4, 0.5) is 5.82 Å². The molecule has 1 unspecified atom stereocenters. The van der Waals surface area contributed by atoms with Gasteiger partial charge in [-0.15, -0.1) is 0 Å². The summed E-state index contributed by atoms with van der Waals surface area (Å²) in [6.07, 6.45) is -0.123. The highest BCUT2D eigenvalue weighted by molar-refractivity contribution is 5.73. The van der Waals surface area contributed by atoms with Crippen molar-refractivity contribution in [3.8, 4) is 0 Å². The largest absolute Gasteiger partial charge is 0.368 e. The summed E-state index contributed by atoms with van der Waals surface area (Å²) in [5, 5.41) is 0. The number of aromatic nitrogens is 1. The third kappa shape index (κ3) is 2.79. The average Bonchev–Trinajstić information content (AvgIpc) is 2.39. The lowest BCUT2D eigenvalue weighted by Crippen LogP contribution is -2.41. The Morgan fingerprint density at radius 3 is 2.94 bits per heavy atom. The number of pyridine rings is 1. The van der Waals surface area contributed by atoms with Crippen molar-refractivity contribution in [2.24, 2.45) is 0 Å². The standard InChI is InChI=1S/C13H19N3O2/c1-10(17)16-7-8-18-12(9-16)11-5-4-6-13(14-11)15(2)3/h4-6,12H,7-9H2,1-3H3. The number of hydrogen-bond donors (Lipinski definition) is 0. The molecule has 0 bridgehead atoms. The van der Waals surface area contributed by atoms with Crippen molar-refractivity contribution in [3.05, 3.63) is 23.9 Å². The van der Waals surface area contributed by atoms with Crippen molar-refractivity contribution in [1.29, 1.82) is 0 Å². The van der Waals surface area contributed by atoms with Gasteiger partial charge in [0.05, 0.1) is 18.8 Å². The van der Waals surface area contributed by atoms with Gasteiger partial charge in [-0.1, -0.05) is 6.07 Å². The van der Waals surface area contributed by atoms with Gasteiger partial charge in [-0.25, -0.2) is 4.98 Å². The van der Waals surface area contributed by atoms with E-state index in [9.17, 15) is 4.79 Å². The zero-order valence-corrected chi connectivity index (χ0v) is 11.1. The number of hydrogen-bond acceptors (Lipinski definition) is 4. The second-order valence-corrected chi connectivity index (χ2v) is 4.64. The Bertz CT molecular complexity index is 434. The van der Waals surface area contributed by atoms with Crippen molar-refractivity contribution < 1.29 is 9.53 Å². The van der Waals surface area contributed by atoms with Gasteiger partial charge in [0, 0.05) is 27.6 Å². The Kier molecular flexibility index (Phi) is 3.81. The molecular formula is C13H19N3O2. The molecule has 2 heterocycles. The fraction of sp³-hybridized carbons (Fsp3) is 0.538. The molecule has 0 aromatic carbocycles. The molecule has 0 spiro atoms. The van der Waals surface area contributed by atoms with Gasteiger partial charge >= 0.3 is 0 Å². The molecule has 18 heavy (non-hydrogen) atoms. The monoisotopic (exact) mass is 249 g/mol. The average molecular weight is 249 g/mol. The van der Waals surface area contributed by atoms with Gasteiger partial charge in [0.1, 0.15) is 11.9 Å². The number of rotatable bonds is 2. The Morgan fingerprint density at radius 1 is 1.50 bits per heavy atom. The molecule has 1 amide bonds. The summed E-state index contributed by atoms with van der Waals surface area (Å²) in [4.78, 5) is 19.7. The van der Waals surface area contributed by atoms with E-state index in [0.717, 1.165) is 11.5 Å². The molecule has 0 N–H and O–H groups in total. The third-order valence-electron chi connectivity index (χ3n) is 3.06. The van der Waals surface area contributed by atoms with Crippen LogP contribution in [-0.2, 0) is 9.53 Å². The van der Waals surface area contributed by atoms with Crippen molar-refractivity contribution in [3.63, 3.8) is 0 Å². The molecule has 1 aliphatic heterocycles. The number of amides is 1. The van der Waals surface area contributed by atoms with E-state index in [1.807, 2.05) is 37.2 Å².